The summed E-state index contributed by atoms with van der Waals surface area (Å²) in [7, 11) is 0. The zero-order valence-electron chi connectivity index (χ0n) is 13.1. The summed E-state index contributed by atoms with van der Waals surface area (Å²) in [5.74, 6) is 2.09. The summed E-state index contributed by atoms with van der Waals surface area (Å²) < 4.78 is 2.30. The van der Waals surface area contributed by atoms with Crippen LogP contribution in [0.5, 0.6) is 0 Å². The van der Waals surface area contributed by atoms with Crippen LogP contribution in [-0.4, -0.2) is 44.3 Å². The van der Waals surface area contributed by atoms with Crippen molar-refractivity contribution >= 4 is 5.82 Å². The Bertz CT molecular complexity index is 641. The van der Waals surface area contributed by atoms with Crippen molar-refractivity contribution in [3.63, 3.8) is 0 Å². The Labute approximate surface area is 130 Å². The fourth-order valence-electron chi connectivity index (χ4n) is 3.31. The van der Waals surface area contributed by atoms with Gasteiger partial charge in [0.05, 0.1) is 17.9 Å². The van der Waals surface area contributed by atoms with E-state index in [-0.39, 0.29) is 0 Å². The molecule has 2 aliphatic rings. The normalized spacial score (nSPS) is 18.7. The lowest BCUT2D eigenvalue weighted by Crippen LogP contribution is -2.34. The molecule has 2 aromatic rings. The van der Waals surface area contributed by atoms with Gasteiger partial charge in [-0.3, -0.25) is 4.90 Å². The monoisotopic (exact) mass is 298 g/mol. The third-order valence-electron chi connectivity index (χ3n) is 4.54. The quantitative estimate of drug-likeness (QED) is 0.861. The van der Waals surface area contributed by atoms with Crippen LogP contribution >= 0.6 is 0 Å². The van der Waals surface area contributed by atoms with Crippen molar-refractivity contribution in [2.45, 2.75) is 39.4 Å². The van der Waals surface area contributed by atoms with Crippen LogP contribution < -0.4 is 4.90 Å². The molecule has 2 aliphatic heterocycles. The number of fused-ring (bicyclic) bond motifs is 1. The molecule has 0 saturated carbocycles. The first-order valence-electron chi connectivity index (χ1n) is 8.10. The van der Waals surface area contributed by atoms with Crippen molar-refractivity contribution in [3.8, 4) is 0 Å². The minimum atomic E-state index is 0.817. The van der Waals surface area contributed by atoms with Crippen LogP contribution in [0.25, 0.3) is 0 Å². The Balaban J connectivity index is 1.48. The van der Waals surface area contributed by atoms with Crippen LogP contribution in [0.3, 0.4) is 0 Å². The lowest BCUT2D eigenvalue weighted by Gasteiger charge is -2.28. The largest absolute Gasteiger partial charge is 0.346 e. The van der Waals surface area contributed by atoms with E-state index >= 15 is 0 Å². The molecular weight excluding hydrogens is 276 g/mol. The molecule has 6 nitrogen and oxygen atoms in total. The highest BCUT2D eigenvalue weighted by Gasteiger charge is 2.21. The molecule has 1 fully saturated rings. The second kappa shape index (κ2) is 5.68. The van der Waals surface area contributed by atoms with E-state index < -0.39 is 0 Å². The smallest absolute Gasteiger partial charge is 0.151 e. The number of anilines is 1. The van der Waals surface area contributed by atoms with Gasteiger partial charge < -0.3 is 9.47 Å². The predicted octanol–water partition coefficient (Wildman–Crippen LogP) is 1.60. The van der Waals surface area contributed by atoms with Gasteiger partial charge in [-0.2, -0.15) is 5.10 Å². The van der Waals surface area contributed by atoms with Crippen LogP contribution in [0.2, 0.25) is 0 Å². The molecule has 116 valence electrons. The van der Waals surface area contributed by atoms with Gasteiger partial charge in [-0.25, -0.2) is 4.98 Å². The third kappa shape index (κ3) is 2.70. The summed E-state index contributed by atoms with van der Waals surface area (Å²) in [5, 5.41) is 8.45. The van der Waals surface area contributed by atoms with Crippen molar-refractivity contribution in [2.75, 3.05) is 24.5 Å². The first kappa shape index (κ1) is 13.7. The lowest BCUT2D eigenvalue weighted by molar-refractivity contribution is 0.327. The molecule has 2 aromatic heterocycles. The fraction of sp³-hybridized carbons (Fsp3) is 0.562. The lowest BCUT2D eigenvalue weighted by atomic mass is 10.3. The van der Waals surface area contributed by atoms with E-state index in [0.29, 0.717) is 0 Å². The average molecular weight is 298 g/mol. The van der Waals surface area contributed by atoms with Gasteiger partial charge >= 0.3 is 0 Å². The molecule has 0 bridgehead atoms. The van der Waals surface area contributed by atoms with E-state index in [9.17, 15) is 0 Å². The van der Waals surface area contributed by atoms with Crippen LogP contribution in [0.1, 0.15) is 30.1 Å². The maximum atomic E-state index is 4.84. The van der Waals surface area contributed by atoms with Gasteiger partial charge in [-0.05, 0) is 45.0 Å². The Morgan fingerprint density at radius 1 is 1.05 bits per heavy atom. The van der Waals surface area contributed by atoms with Crippen molar-refractivity contribution in [2.24, 2.45) is 0 Å². The number of aryl methyl sites for hydroxylation is 1. The van der Waals surface area contributed by atoms with Crippen LogP contribution in [-0.2, 0) is 19.6 Å². The Morgan fingerprint density at radius 3 is 2.68 bits per heavy atom. The van der Waals surface area contributed by atoms with Gasteiger partial charge in [-0.1, -0.05) is 0 Å². The van der Waals surface area contributed by atoms with E-state index in [1.54, 1.807) is 0 Å². The molecule has 0 radical (unpaired) electrons. The second-order valence-electron chi connectivity index (χ2n) is 6.28. The highest BCUT2D eigenvalue weighted by Crippen LogP contribution is 2.20. The summed E-state index contributed by atoms with van der Waals surface area (Å²) in [6, 6.07) is 4.06. The minimum absolute atomic E-state index is 0.817. The van der Waals surface area contributed by atoms with E-state index in [0.717, 1.165) is 43.5 Å². The molecule has 4 heterocycles. The van der Waals surface area contributed by atoms with Crippen LogP contribution in [0.4, 0.5) is 5.82 Å². The molecule has 0 atom stereocenters. The second-order valence-corrected chi connectivity index (χ2v) is 6.28. The molecule has 6 heteroatoms. The summed E-state index contributed by atoms with van der Waals surface area (Å²) in [5.41, 5.74) is 2.16. The summed E-state index contributed by atoms with van der Waals surface area (Å²) in [6.45, 7) is 8.13. The zero-order valence-corrected chi connectivity index (χ0v) is 13.1. The predicted molar refractivity (Wildman–Crippen MR) is 84.6 cm³/mol. The van der Waals surface area contributed by atoms with Gasteiger partial charge in [0, 0.05) is 25.8 Å². The highest BCUT2D eigenvalue weighted by molar-refractivity contribution is 5.38. The van der Waals surface area contributed by atoms with Crippen molar-refractivity contribution in [1.82, 2.24) is 24.6 Å². The molecule has 0 N–H and O–H groups in total. The van der Waals surface area contributed by atoms with Gasteiger partial charge in [0.2, 0.25) is 0 Å². The van der Waals surface area contributed by atoms with Gasteiger partial charge in [-0.15, -0.1) is 5.10 Å². The van der Waals surface area contributed by atoms with Gasteiger partial charge in [0.1, 0.15) is 5.82 Å². The standard InChI is InChI=1S/C16H22N6/c1-13-4-5-15(19-18-13)22-9-8-21-11-14(17-16(21)12-22)10-20-6-2-3-7-20/h4-5,11H,2-3,6-10,12H2,1H3. The summed E-state index contributed by atoms with van der Waals surface area (Å²) >= 11 is 0. The first-order valence-corrected chi connectivity index (χ1v) is 8.10. The molecule has 0 amide bonds. The molecule has 22 heavy (non-hydrogen) atoms. The maximum Gasteiger partial charge on any atom is 0.151 e. The number of likely N-dealkylation sites (tertiary alicyclic amines) is 1. The fourth-order valence-corrected chi connectivity index (χ4v) is 3.31. The first-order chi connectivity index (χ1) is 10.8. The topological polar surface area (TPSA) is 50.1 Å². The number of hydrogen-bond donors (Lipinski definition) is 0. The van der Waals surface area contributed by atoms with E-state index in [2.05, 4.69) is 30.8 Å². The summed E-state index contributed by atoms with van der Waals surface area (Å²) in [6.07, 6.45) is 4.88. The SMILES string of the molecule is Cc1ccc(N2CCn3cc(CN4CCCC4)nc3C2)nn1. The number of aromatic nitrogens is 4. The average Bonchev–Trinajstić information content (AvgIpc) is 3.16. The van der Waals surface area contributed by atoms with Crippen LogP contribution in [0.15, 0.2) is 18.3 Å². The maximum absolute atomic E-state index is 4.84. The Kier molecular flexibility index (Phi) is 3.54. The Morgan fingerprint density at radius 2 is 1.91 bits per heavy atom. The minimum Gasteiger partial charge on any atom is -0.346 e. The van der Waals surface area contributed by atoms with Crippen molar-refractivity contribution in [3.05, 3.63) is 35.5 Å². The van der Waals surface area contributed by atoms with E-state index in [1.807, 2.05) is 19.1 Å². The van der Waals surface area contributed by atoms with Crippen molar-refractivity contribution < 1.29 is 0 Å². The number of hydrogen-bond acceptors (Lipinski definition) is 5. The third-order valence-corrected chi connectivity index (χ3v) is 4.54. The highest BCUT2D eigenvalue weighted by atomic mass is 15.3. The number of nitrogens with zero attached hydrogens (tertiary/aromatic N) is 6. The molecule has 1 saturated heterocycles. The van der Waals surface area contributed by atoms with Crippen molar-refractivity contribution in [1.29, 1.82) is 0 Å². The molecular formula is C16H22N6. The van der Waals surface area contributed by atoms with Crippen LogP contribution in [0, 0.1) is 6.92 Å². The number of imidazole rings is 1. The molecule has 0 aliphatic carbocycles. The number of rotatable bonds is 3. The molecule has 4 rings (SSSR count). The Hall–Kier alpha value is -1.95. The zero-order chi connectivity index (χ0) is 14.9. The molecule has 0 aromatic carbocycles. The molecule has 0 spiro atoms. The molecule has 0 unspecified atom stereocenters. The van der Waals surface area contributed by atoms with E-state index in [4.69, 9.17) is 4.98 Å². The van der Waals surface area contributed by atoms with E-state index in [1.165, 1.54) is 31.6 Å². The van der Waals surface area contributed by atoms with Gasteiger partial charge in [0.15, 0.2) is 5.82 Å². The van der Waals surface area contributed by atoms with Gasteiger partial charge in [0.25, 0.3) is 0 Å². The summed E-state index contributed by atoms with van der Waals surface area (Å²) in [4.78, 5) is 9.59.